The molecule has 1 aliphatic heterocycles. The fourth-order valence-corrected chi connectivity index (χ4v) is 5.10. The predicted molar refractivity (Wildman–Crippen MR) is 114 cm³/mol. The normalized spacial score (nSPS) is 18.6. The van der Waals surface area contributed by atoms with Crippen LogP contribution in [0.3, 0.4) is 0 Å². The lowest BCUT2D eigenvalue weighted by atomic mass is 9.67. The maximum absolute atomic E-state index is 12.8. The summed E-state index contributed by atoms with van der Waals surface area (Å²) in [7, 11) is 1.80. The monoisotopic (exact) mass is 393 g/mol. The number of rotatable bonds is 4. The first-order valence-corrected chi connectivity index (χ1v) is 10.9. The second kappa shape index (κ2) is 7.77. The molecule has 0 unspecified atom stereocenters. The minimum absolute atomic E-state index is 0.00864. The number of benzene rings is 1. The Morgan fingerprint density at radius 1 is 1.10 bits per heavy atom. The second-order valence-electron chi connectivity index (χ2n) is 8.76. The van der Waals surface area contributed by atoms with Crippen LogP contribution < -0.4 is 5.56 Å². The highest BCUT2D eigenvalue weighted by molar-refractivity contribution is 5.94. The fourth-order valence-electron chi connectivity index (χ4n) is 5.10. The van der Waals surface area contributed by atoms with E-state index in [1.165, 1.54) is 30.4 Å². The SMILES string of the molecule is CCc1cccc(C2(Cc3nc(=O)c(C)c4n3CCN(C)C4=O)CCCCC2)c1. The van der Waals surface area contributed by atoms with E-state index >= 15 is 0 Å². The molecule has 2 aliphatic rings. The summed E-state index contributed by atoms with van der Waals surface area (Å²) in [5, 5.41) is 0. The summed E-state index contributed by atoms with van der Waals surface area (Å²) in [4.78, 5) is 31.6. The molecule has 0 atom stereocenters. The summed E-state index contributed by atoms with van der Waals surface area (Å²) >= 11 is 0. The third-order valence-electron chi connectivity index (χ3n) is 6.95. The molecule has 1 fully saturated rings. The van der Waals surface area contributed by atoms with E-state index < -0.39 is 0 Å². The van der Waals surface area contributed by atoms with Crippen LogP contribution in [0.2, 0.25) is 0 Å². The molecule has 1 saturated carbocycles. The zero-order valence-electron chi connectivity index (χ0n) is 17.8. The van der Waals surface area contributed by atoms with Crippen LogP contribution in [0.25, 0.3) is 0 Å². The molecule has 5 nitrogen and oxygen atoms in total. The quantitative estimate of drug-likeness (QED) is 0.797. The van der Waals surface area contributed by atoms with Gasteiger partial charge in [-0.1, -0.05) is 50.5 Å². The third kappa shape index (κ3) is 3.52. The Bertz CT molecular complexity index is 986. The Kier molecular flexibility index (Phi) is 5.32. The van der Waals surface area contributed by atoms with Gasteiger partial charge < -0.3 is 9.47 Å². The van der Waals surface area contributed by atoms with Crippen LogP contribution in [0.1, 0.15) is 72.0 Å². The summed E-state index contributed by atoms with van der Waals surface area (Å²) in [5.41, 5.74) is 3.44. The third-order valence-corrected chi connectivity index (χ3v) is 6.95. The van der Waals surface area contributed by atoms with Crippen molar-refractivity contribution in [3.8, 4) is 0 Å². The van der Waals surface area contributed by atoms with Gasteiger partial charge in [0.25, 0.3) is 11.5 Å². The van der Waals surface area contributed by atoms with Gasteiger partial charge in [-0.3, -0.25) is 9.59 Å². The molecule has 4 rings (SSSR count). The lowest BCUT2D eigenvalue weighted by Crippen LogP contribution is -2.43. The average Bonchev–Trinajstić information content (AvgIpc) is 2.74. The Morgan fingerprint density at radius 3 is 2.59 bits per heavy atom. The molecule has 154 valence electrons. The minimum atomic E-state index is -0.261. The zero-order valence-corrected chi connectivity index (χ0v) is 17.8. The van der Waals surface area contributed by atoms with Gasteiger partial charge >= 0.3 is 0 Å². The number of nitrogens with zero attached hydrogens (tertiary/aromatic N) is 3. The van der Waals surface area contributed by atoms with E-state index in [2.05, 4.69) is 36.2 Å². The summed E-state index contributed by atoms with van der Waals surface area (Å²) in [5.74, 6) is 0.709. The molecule has 0 bridgehead atoms. The first kappa shape index (κ1) is 19.9. The van der Waals surface area contributed by atoms with Gasteiger partial charge in [-0.2, -0.15) is 4.98 Å². The van der Waals surface area contributed by atoms with E-state index in [1.54, 1.807) is 18.9 Å². The molecule has 1 amide bonds. The number of likely N-dealkylation sites (N-methyl/N-ethyl adjacent to an activating group) is 1. The summed E-state index contributed by atoms with van der Waals surface area (Å²) < 4.78 is 2.03. The van der Waals surface area contributed by atoms with E-state index in [0.29, 0.717) is 24.3 Å². The van der Waals surface area contributed by atoms with E-state index in [0.717, 1.165) is 31.5 Å². The number of hydrogen-bond donors (Lipinski definition) is 0. The molecule has 0 radical (unpaired) electrons. The molecule has 1 aromatic carbocycles. The maximum Gasteiger partial charge on any atom is 0.276 e. The van der Waals surface area contributed by atoms with Crippen LogP contribution in [-0.2, 0) is 24.8 Å². The topological polar surface area (TPSA) is 55.2 Å². The van der Waals surface area contributed by atoms with Gasteiger partial charge in [-0.25, -0.2) is 0 Å². The number of carbonyl (C=O) groups is 1. The van der Waals surface area contributed by atoms with Crippen molar-refractivity contribution >= 4 is 5.91 Å². The van der Waals surface area contributed by atoms with Crippen LogP contribution in [0, 0.1) is 6.92 Å². The van der Waals surface area contributed by atoms with Gasteiger partial charge in [0.05, 0.1) is 0 Å². The van der Waals surface area contributed by atoms with Crippen molar-refractivity contribution in [2.75, 3.05) is 13.6 Å². The standard InChI is InChI=1S/C24H31N3O2/c1-4-18-9-8-10-19(15-18)24(11-6-5-7-12-24)16-20-25-22(28)17(2)21-23(29)26(3)13-14-27(20)21/h8-10,15H,4-7,11-14,16H2,1-3H3. The molecule has 5 heteroatoms. The number of amides is 1. The lowest BCUT2D eigenvalue weighted by molar-refractivity contribution is 0.0741. The van der Waals surface area contributed by atoms with Crippen molar-refractivity contribution < 1.29 is 4.79 Å². The smallest absolute Gasteiger partial charge is 0.276 e. The minimum Gasteiger partial charge on any atom is -0.339 e. The first-order chi connectivity index (χ1) is 13.9. The number of fused-ring (bicyclic) bond motifs is 1. The van der Waals surface area contributed by atoms with Gasteiger partial charge in [0.2, 0.25) is 0 Å². The highest BCUT2D eigenvalue weighted by Crippen LogP contribution is 2.42. The van der Waals surface area contributed by atoms with Gasteiger partial charge in [0.1, 0.15) is 11.5 Å². The van der Waals surface area contributed by atoms with Crippen LogP contribution in [0.5, 0.6) is 0 Å². The Hall–Kier alpha value is -2.43. The van der Waals surface area contributed by atoms with Crippen molar-refractivity contribution in [1.82, 2.24) is 14.5 Å². The number of carbonyl (C=O) groups excluding carboxylic acids is 1. The Labute approximate surface area is 172 Å². The van der Waals surface area contributed by atoms with Crippen LogP contribution in [0.4, 0.5) is 0 Å². The maximum atomic E-state index is 12.8. The Morgan fingerprint density at radius 2 is 1.86 bits per heavy atom. The largest absolute Gasteiger partial charge is 0.339 e. The van der Waals surface area contributed by atoms with Crippen LogP contribution in [0.15, 0.2) is 29.1 Å². The molecular weight excluding hydrogens is 362 g/mol. The second-order valence-corrected chi connectivity index (χ2v) is 8.76. The molecule has 0 N–H and O–H groups in total. The van der Waals surface area contributed by atoms with Crippen molar-refractivity contribution in [3.05, 3.63) is 62.8 Å². The lowest BCUT2D eigenvalue weighted by Gasteiger charge is -2.39. The molecule has 29 heavy (non-hydrogen) atoms. The van der Waals surface area contributed by atoms with E-state index in [-0.39, 0.29) is 16.9 Å². The summed E-state index contributed by atoms with van der Waals surface area (Å²) in [6.07, 6.45) is 7.60. The fraction of sp³-hybridized carbons (Fsp3) is 0.542. The van der Waals surface area contributed by atoms with Gasteiger partial charge in [0.15, 0.2) is 0 Å². The van der Waals surface area contributed by atoms with E-state index in [9.17, 15) is 9.59 Å². The molecule has 2 heterocycles. The summed E-state index contributed by atoms with van der Waals surface area (Å²) in [6.45, 7) is 5.27. The van der Waals surface area contributed by atoms with Crippen molar-refractivity contribution in [3.63, 3.8) is 0 Å². The molecule has 1 aliphatic carbocycles. The first-order valence-electron chi connectivity index (χ1n) is 10.9. The molecule has 0 spiro atoms. The van der Waals surface area contributed by atoms with Crippen LogP contribution >= 0.6 is 0 Å². The number of aromatic nitrogens is 2. The summed E-state index contributed by atoms with van der Waals surface area (Å²) in [6, 6.07) is 8.93. The van der Waals surface area contributed by atoms with Gasteiger partial charge in [-0.15, -0.1) is 0 Å². The Balaban J connectivity index is 1.83. The predicted octanol–water partition coefficient (Wildman–Crippen LogP) is 3.64. The van der Waals surface area contributed by atoms with Crippen molar-refractivity contribution in [1.29, 1.82) is 0 Å². The highest BCUT2D eigenvalue weighted by Gasteiger charge is 2.37. The van der Waals surface area contributed by atoms with E-state index in [1.807, 2.05) is 4.57 Å². The number of hydrogen-bond acceptors (Lipinski definition) is 3. The van der Waals surface area contributed by atoms with Gasteiger partial charge in [0, 0.05) is 37.5 Å². The molecule has 0 saturated heterocycles. The van der Waals surface area contributed by atoms with E-state index in [4.69, 9.17) is 0 Å². The zero-order chi connectivity index (χ0) is 20.6. The van der Waals surface area contributed by atoms with Crippen molar-refractivity contribution in [2.45, 2.75) is 70.8 Å². The van der Waals surface area contributed by atoms with Crippen molar-refractivity contribution in [2.24, 2.45) is 0 Å². The number of aryl methyl sites for hydroxylation is 1. The molecular formula is C24H31N3O2. The van der Waals surface area contributed by atoms with Crippen LogP contribution in [-0.4, -0.2) is 34.0 Å². The molecule has 2 aromatic rings. The molecule has 1 aromatic heterocycles. The van der Waals surface area contributed by atoms with Gasteiger partial charge in [-0.05, 0) is 37.3 Å². The highest BCUT2D eigenvalue weighted by atomic mass is 16.2. The average molecular weight is 394 g/mol.